The Morgan fingerprint density at radius 3 is 1.13 bits per heavy atom. The van der Waals surface area contributed by atoms with Crippen LogP contribution in [0.5, 0.6) is 0 Å². The Labute approximate surface area is 285 Å². The van der Waals surface area contributed by atoms with Crippen LogP contribution >= 0.6 is 31.9 Å². The molecule has 240 valence electrons. The lowest BCUT2D eigenvalue weighted by atomic mass is 10.0. The minimum absolute atomic E-state index is 0.279. The van der Waals surface area contributed by atoms with E-state index in [1.165, 1.54) is 8.61 Å². The van der Waals surface area contributed by atoms with Crippen LogP contribution in [0.3, 0.4) is 0 Å². The quantitative estimate of drug-likeness (QED) is 0.0844. The van der Waals surface area contributed by atoms with Gasteiger partial charge in [-0.3, -0.25) is 8.61 Å². The van der Waals surface area contributed by atoms with E-state index in [0.29, 0.717) is 30.9 Å². The summed E-state index contributed by atoms with van der Waals surface area (Å²) in [5.74, 6) is 0. The highest BCUT2D eigenvalue weighted by molar-refractivity contribution is 9.09. The van der Waals surface area contributed by atoms with Gasteiger partial charge in [-0.1, -0.05) is 91.5 Å². The molecule has 10 heteroatoms. The highest BCUT2D eigenvalue weighted by atomic mass is 79.9. The van der Waals surface area contributed by atoms with Crippen LogP contribution in [-0.2, 0) is 26.5 Å². The summed E-state index contributed by atoms with van der Waals surface area (Å²) < 4.78 is 57.5. The van der Waals surface area contributed by atoms with Gasteiger partial charge in [-0.05, 0) is 106 Å². The van der Waals surface area contributed by atoms with E-state index in [4.69, 9.17) is 0 Å². The van der Waals surface area contributed by atoms with Gasteiger partial charge in [0.2, 0.25) is 0 Å². The molecule has 0 aromatic heterocycles. The second-order valence-electron chi connectivity index (χ2n) is 11.1. The van der Waals surface area contributed by atoms with Crippen LogP contribution in [0.2, 0.25) is 0 Å². The molecule has 0 saturated heterocycles. The molecule has 0 aliphatic carbocycles. The molecule has 4 aromatic carbocycles. The zero-order valence-corrected chi connectivity index (χ0v) is 30.5. The summed E-state index contributed by atoms with van der Waals surface area (Å²) in [6, 6.07) is 29.2. The molecule has 0 radical (unpaired) electrons. The molecule has 0 heterocycles. The Morgan fingerprint density at radius 2 is 0.822 bits per heavy atom. The van der Waals surface area contributed by atoms with Crippen molar-refractivity contribution in [1.29, 1.82) is 0 Å². The largest absolute Gasteiger partial charge is 0.266 e. The van der Waals surface area contributed by atoms with E-state index in [1.807, 2.05) is 86.6 Å². The zero-order valence-electron chi connectivity index (χ0n) is 25.7. The minimum Gasteiger partial charge on any atom is -0.266 e. The molecule has 0 bridgehead atoms. The Balaban J connectivity index is 1.53. The summed E-state index contributed by atoms with van der Waals surface area (Å²) in [4.78, 5) is 0.559. The van der Waals surface area contributed by atoms with Gasteiger partial charge in [-0.25, -0.2) is 16.8 Å². The lowest BCUT2D eigenvalue weighted by Crippen LogP contribution is -2.32. The van der Waals surface area contributed by atoms with E-state index in [-0.39, 0.29) is 9.79 Å². The van der Waals surface area contributed by atoms with Crippen molar-refractivity contribution in [2.45, 2.75) is 55.7 Å². The Morgan fingerprint density at radius 1 is 0.489 bits per heavy atom. The summed E-state index contributed by atoms with van der Waals surface area (Å²) >= 11 is 6.89. The van der Waals surface area contributed by atoms with E-state index >= 15 is 0 Å². The fourth-order valence-corrected chi connectivity index (χ4v) is 8.75. The molecule has 0 fully saturated rings. The first-order valence-corrected chi connectivity index (χ1v) is 20.2. The zero-order chi connectivity index (χ0) is 32.5. The average molecular weight is 777 g/mol. The third-order valence-electron chi connectivity index (χ3n) is 7.56. The molecule has 0 aliphatic rings. The van der Waals surface area contributed by atoms with Gasteiger partial charge in [0.1, 0.15) is 0 Å². The molecular formula is C35H40Br2N2O4S2. The van der Waals surface area contributed by atoms with Gasteiger partial charge < -0.3 is 0 Å². The predicted molar refractivity (Wildman–Crippen MR) is 193 cm³/mol. The molecule has 0 atom stereocenters. The lowest BCUT2D eigenvalue weighted by Gasteiger charge is -2.25. The number of nitrogens with zero attached hydrogens (tertiary/aromatic N) is 2. The summed E-state index contributed by atoms with van der Waals surface area (Å²) in [7, 11) is -7.43. The Hall–Kier alpha value is -2.66. The molecular weight excluding hydrogens is 736 g/mol. The fraction of sp³-hybridized carbons (Fsp3) is 0.314. The van der Waals surface area contributed by atoms with Gasteiger partial charge in [0, 0.05) is 23.7 Å². The van der Waals surface area contributed by atoms with E-state index in [1.54, 1.807) is 24.3 Å². The van der Waals surface area contributed by atoms with Crippen molar-refractivity contribution in [2.75, 3.05) is 32.4 Å². The number of benzene rings is 4. The van der Waals surface area contributed by atoms with Crippen LogP contribution in [0.4, 0.5) is 11.4 Å². The number of hydrogen-bond acceptors (Lipinski definition) is 4. The maximum absolute atomic E-state index is 13.6. The van der Waals surface area contributed by atoms with Crippen molar-refractivity contribution in [3.05, 3.63) is 119 Å². The van der Waals surface area contributed by atoms with Gasteiger partial charge in [-0.15, -0.1) is 0 Å². The summed E-state index contributed by atoms with van der Waals surface area (Å²) in [5.41, 5.74) is 5.33. The van der Waals surface area contributed by atoms with Crippen molar-refractivity contribution in [2.24, 2.45) is 0 Å². The number of sulfonamides is 2. The van der Waals surface area contributed by atoms with Crippen molar-refractivity contribution in [1.82, 2.24) is 0 Å². The summed E-state index contributed by atoms with van der Waals surface area (Å²) in [6.45, 7) is 4.65. The van der Waals surface area contributed by atoms with Crippen molar-refractivity contribution >= 4 is 63.3 Å². The lowest BCUT2D eigenvalue weighted by molar-refractivity contribution is 0.587. The number of alkyl halides is 2. The average Bonchev–Trinajstić information content (AvgIpc) is 3.03. The maximum Gasteiger partial charge on any atom is 0.264 e. The molecule has 6 nitrogen and oxygen atoms in total. The normalized spacial score (nSPS) is 11.8. The molecule has 45 heavy (non-hydrogen) atoms. The Bertz CT molecular complexity index is 1600. The van der Waals surface area contributed by atoms with Gasteiger partial charge >= 0.3 is 0 Å². The highest BCUT2D eigenvalue weighted by Gasteiger charge is 2.26. The molecule has 4 rings (SSSR count). The third-order valence-corrected chi connectivity index (χ3v) is 12.4. The van der Waals surface area contributed by atoms with E-state index in [9.17, 15) is 16.8 Å². The van der Waals surface area contributed by atoms with E-state index in [0.717, 1.165) is 58.6 Å². The van der Waals surface area contributed by atoms with Crippen LogP contribution in [0.15, 0.2) is 107 Å². The number of halogens is 2. The van der Waals surface area contributed by atoms with Gasteiger partial charge in [0.15, 0.2) is 0 Å². The maximum atomic E-state index is 13.6. The second kappa shape index (κ2) is 16.3. The summed E-state index contributed by atoms with van der Waals surface area (Å²) in [5, 5.41) is 1.63. The van der Waals surface area contributed by atoms with Gasteiger partial charge in [-0.2, -0.15) is 0 Å². The van der Waals surface area contributed by atoms with Crippen LogP contribution in [0.25, 0.3) is 0 Å². The number of aryl methyl sites for hydroxylation is 2. The van der Waals surface area contributed by atoms with Crippen LogP contribution in [-0.4, -0.2) is 40.6 Å². The molecule has 0 unspecified atom stereocenters. The first-order valence-electron chi connectivity index (χ1n) is 15.0. The molecule has 0 spiro atoms. The number of anilines is 2. The standard InChI is InChI=1S/C35H40Br2N2O4S2/c1-28-7-19-34(20-8-28)44(40,41)38(25-5-3-23-36)32-15-11-30(12-16-32)27-31-13-17-33(18-14-31)39(26-6-4-24-37)45(42,43)35-21-9-29(2)10-22-35/h7-22H,3-6,23-27H2,1-2H3. The molecule has 0 saturated carbocycles. The van der Waals surface area contributed by atoms with Crippen LogP contribution < -0.4 is 8.61 Å². The molecule has 4 aromatic rings. The smallest absolute Gasteiger partial charge is 0.264 e. The molecule has 0 amide bonds. The first kappa shape index (κ1) is 35.2. The molecule has 0 N–H and O–H groups in total. The minimum atomic E-state index is -3.72. The van der Waals surface area contributed by atoms with Crippen molar-refractivity contribution < 1.29 is 16.8 Å². The predicted octanol–water partition coefficient (Wildman–Crippen LogP) is 8.64. The Kier molecular flexibility index (Phi) is 12.7. The molecule has 0 aliphatic heterocycles. The fourth-order valence-electron chi connectivity index (χ4n) is 4.95. The SMILES string of the molecule is Cc1ccc(S(=O)(=O)N(CCCCBr)c2ccc(Cc3ccc(N(CCCCBr)S(=O)(=O)c4ccc(C)cc4)cc3)cc2)cc1. The van der Waals surface area contributed by atoms with Crippen LogP contribution in [0.1, 0.15) is 47.9 Å². The third kappa shape index (κ3) is 9.21. The van der Waals surface area contributed by atoms with Crippen molar-refractivity contribution in [3.8, 4) is 0 Å². The van der Waals surface area contributed by atoms with Gasteiger partial charge in [0.25, 0.3) is 20.0 Å². The monoisotopic (exact) mass is 774 g/mol. The van der Waals surface area contributed by atoms with Crippen LogP contribution in [0, 0.1) is 13.8 Å². The first-order chi connectivity index (χ1) is 21.6. The number of rotatable bonds is 16. The topological polar surface area (TPSA) is 74.8 Å². The van der Waals surface area contributed by atoms with Gasteiger partial charge in [0.05, 0.1) is 21.2 Å². The van der Waals surface area contributed by atoms with E-state index < -0.39 is 20.0 Å². The number of unbranched alkanes of at least 4 members (excludes halogenated alkanes) is 2. The highest BCUT2D eigenvalue weighted by Crippen LogP contribution is 2.28. The summed E-state index contributed by atoms with van der Waals surface area (Å²) in [6.07, 6.45) is 3.83. The second-order valence-corrected chi connectivity index (χ2v) is 16.4. The van der Waals surface area contributed by atoms with E-state index in [2.05, 4.69) is 31.9 Å². The number of hydrogen-bond donors (Lipinski definition) is 0. The van der Waals surface area contributed by atoms with Crippen molar-refractivity contribution in [3.63, 3.8) is 0 Å².